The van der Waals surface area contributed by atoms with Gasteiger partial charge in [0.05, 0.1) is 0 Å². The minimum absolute atomic E-state index is 0.00849. The molecule has 1 fully saturated rings. The minimum Gasteiger partial charge on any atom is -0.478 e. The highest BCUT2D eigenvalue weighted by Gasteiger charge is 1.96. The third kappa shape index (κ3) is 7.49. The zero-order valence-corrected chi connectivity index (χ0v) is 11.3. The number of aliphatic carboxylic acids is 1. The lowest BCUT2D eigenvalue weighted by atomic mass is 10.2. The van der Waals surface area contributed by atoms with Crippen molar-refractivity contribution in [3.05, 3.63) is 42.0 Å². The van der Waals surface area contributed by atoms with E-state index in [9.17, 15) is 4.79 Å². The molecule has 0 aliphatic carbocycles. The predicted octanol–water partition coefficient (Wildman–Crippen LogP) is 2.08. The van der Waals surface area contributed by atoms with Crippen LogP contribution >= 0.6 is 0 Å². The first kappa shape index (κ1) is 13.7. The Hall–Kier alpha value is -1.39. The first-order valence-electron chi connectivity index (χ1n) is 5.83. The van der Waals surface area contributed by atoms with E-state index in [1.54, 1.807) is 6.08 Å². The minimum atomic E-state index is -0.922. The number of hydrogen-bond donors (Lipinski definition) is 1. The molecule has 17 heavy (non-hydrogen) atoms. The van der Waals surface area contributed by atoms with E-state index in [0.29, 0.717) is 0 Å². The molecule has 1 heterocycles. The molecule has 92 valence electrons. The number of rotatable bonds is 2. The van der Waals surface area contributed by atoms with E-state index in [2.05, 4.69) is 0 Å². The average molecular weight is 250 g/mol. The number of benzene rings is 1. The van der Waals surface area contributed by atoms with Crippen LogP contribution in [0.1, 0.15) is 18.4 Å². The lowest BCUT2D eigenvalue weighted by Crippen LogP contribution is -2.06. The molecular formula is C13H18O3Si. The van der Waals surface area contributed by atoms with Crippen LogP contribution in [0.15, 0.2) is 36.4 Å². The van der Waals surface area contributed by atoms with Crippen molar-refractivity contribution in [1.82, 2.24) is 0 Å². The van der Waals surface area contributed by atoms with Gasteiger partial charge in [0, 0.05) is 12.7 Å². The molecule has 1 aromatic carbocycles. The maximum atomic E-state index is 10.1. The van der Waals surface area contributed by atoms with Gasteiger partial charge in [0.15, 0.2) is 9.76 Å². The van der Waals surface area contributed by atoms with E-state index < -0.39 is 5.97 Å². The molecule has 0 unspecified atom stereocenters. The van der Waals surface area contributed by atoms with Crippen LogP contribution < -0.4 is 0 Å². The highest BCUT2D eigenvalue weighted by atomic mass is 28.2. The summed E-state index contributed by atoms with van der Waals surface area (Å²) in [5.74, 6) is -0.922. The van der Waals surface area contributed by atoms with Gasteiger partial charge < -0.3 is 9.53 Å². The van der Waals surface area contributed by atoms with Crippen LogP contribution in [-0.2, 0) is 9.22 Å². The Morgan fingerprint density at radius 3 is 2.47 bits per heavy atom. The Kier molecular flexibility index (Phi) is 7.02. The number of hydrogen-bond acceptors (Lipinski definition) is 2. The lowest BCUT2D eigenvalue weighted by Gasteiger charge is -2.07. The highest BCUT2D eigenvalue weighted by molar-refractivity contribution is 6.27. The van der Waals surface area contributed by atoms with Gasteiger partial charge in [-0.3, -0.25) is 0 Å². The second-order valence-corrected chi connectivity index (χ2v) is 5.28. The fourth-order valence-electron chi connectivity index (χ4n) is 1.42. The van der Waals surface area contributed by atoms with Gasteiger partial charge in [-0.25, -0.2) is 4.79 Å². The second kappa shape index (κ2) is 8.72. The summed E-state index contributed by atoms with van der Waals surface area (Å²) in [4.78, 5) is 10.1. The van der Waals surface area contributed by atoms with Gasteiger partial charge >= 0.3 is 5.97 Å². The third-order valence-corrected chi connectivity index (χ3v) is 3.66. The predicted molar refractivity (Wildman–Crippen MR) is 71.6 cm³/mol. The summed E-state index contributed by atoms with van der Waals surface area (Å²) in [6, 6.07) is 10.7. The standard InChI is InChI=1S/C9H8O2.C4H10OSi/c10-9(11)7-6-8-4-2-1-3-5-8;1-2-4-6-5-3-1/h1-7H,(H,10,11);1-4,6H2/b7-6+;. The smallest absolute Gasteiger partial charge is 0.328 e. The molecule has 4 heteroatoms. The van der Waals surface area contributed by atoms with Crippen LogP contribution in [0.2, 0.25) is 6.04 Å². The zero-order chi connectivity index (χ0) is 12.3. The van der Waals surface area contributed by atoms with Crippen LogP contribution in [-0.4, -0.2) is 27.4 Å². The normalized spacial score (nSPS) is 16.5. The van der Waals surface area contributed by atoms with Crippen LogP contribution in [0.4, 0.5) is 0 Å². The molecule has 1 aliphatic rings. The number of carbonyl (C=O) groups is 1. The molecule has 0 saturated carbocycles. The van der Waals surface area contributed by atoms with Crippen molar-refractivity contribution in [3.8, 4) is 0 Å². The van der Waals surface area contributed by atoms with Gasteiger partial charge in [0.25, 0.3) is 0 Å². The molecule has 0 amide bonds. The average Bonchev–Trinajstić information content (AvgIpc) is 2.40. The van der Waals surface area contributed by atoms with Crippen molar-refractivity contribution in [2.75, 3.05) is 6.61 Å². The van der Waals surface area contributed by atoms with E-state index in [-0.39, 0.29) is 9.76 Å². The maximum Gasteiger partial charge on any atom is 0.328 e. The molecule has 0 aromatic heterocycles. The first-order valence-corrected chi connectivity index (χ1v) is 7.40. The quantitative estimate of drug-likeness (QED) is 0.646. The third-order valence-electron chi connectivity index (χ3n) is 2.30. The Balaban J connectivity index is 0.000000202. The summed E-state index contributed by atoms with van der Waals surface area (Å²) < 4.78 is 5.21. The van der Waals surface area contributed by atoms with Crippen molar-refractivity contribution < 1.29 is 14.3 Å². The monoisotopic (exact) mass is 250 g/mol. The first-order chi connectivity index (χ1) is 8.29. The number of carboxylic acids is 1. The van der Waals surface area contributed by atoms with Crippen molar-refractivity contribution >= 4 is 21.8 Å². The van der Waals surface area contributed by atoms with Gasteiger partial charge in [0.2, 0.25) is 0 Å². The molecule has 2 rings (SSSR count). The fraction of sp³-hybridized carbons (Fsp3) is 0.308. The molecule has 0 atom stereocenters. The summed E-state index contributed by atoms with van der Waals surface area (Å²) in [6.45, 7) is 1.06. The van der Waals surface area contributed by atoms with E-state index in [4.69, 9.17) is 9.53 Å². The van der Waals surface area contributed by atoms with Gasteiger partial charge in [-0.05, 0) is 24.1 Å². The molecule has 3 nitrogen and oxygen atoms in total. The van der Waals surface area contributed by atoms with Crippen molar-refractivity contribution in [2.24, 2.45) is 0 Å². The summed E-state index contributed by atoms with van der Waals surface area (Å²) in [5, 5.41) is 8.29. The second-order valence-electron chi connectivity index (χ2n) is 3.76. The molecule has 1 N–H and O–H groups in total. The van der Waals surface area contributed by atoms with Gasteiger partial charge in [-0.15, -0.1) is 0 Å². The summed E-state index contributed by atoms with van der Waals surface area (Å²) >= 11 is 0. The van der Waals surface area contributed by atoms with Crippen molar-refractivity contribution in [3.63, 3.8) is 0 Å². The molecule has 1 aliphatic heterocycles. The fourth-order valence-corrected chi connectivity index (χ4v) is 2.59. The lowest BCUT2D eigenvalue weighted by molar-refractivity contribution is -0.131. The molecular weight excluding hydrogens is 232 g/mol. The molecule has 0 spiro atoms. The Morgan fingerprint density at radius 1 is 1.29 bits per heavy atom. The Bertz CT molecular complexity index is 333. The van der Waals surface area contributed by atoms with Gasteiger partial charge in [-0.2, -0.15) is 0 Å². The zero-order valence-electron chi connectivity index (χ0n) is 9.84. The largest absolute Gasteiger partial charge is 0.478 e. The summed E-state index contributed by atoms with van der Waals surface area (Å²) in [7, 11) is 0.00849. The van der Waals surface area contributed by atoms with E-state index >= 15 is 0 Å². The van der Waals surface area contributed by atoms with E-state index in [0.717, 1.165) is 18.2 Å². The highest BCUT2D eigenvalue weighted by Crippen LogP contribution is 2.01. The molecule has 1 saturated heterocycles. The van der Waals surface area contributed by atoms with Crippen LogP contribution in [0.25, 0.3) is 6.08 Å². The Morgan fingerprint density at radius 2 is 2.06 bits per heavy atom. The van der Waals surface area contributed by atoms with E-state index in [1.807, 2.05) is 30.3 Å². The van der Waals surface area contributed by atoms with Crippen molar-refractivity contribution in [2.45, 2.75) is 18.9 Å². The van der Waals surface area contributed by atoms with E-state index in [1.165, 1.54) is 18.9 Å². The van der Waals surface area contributed by atoms with Gasteiger partial charge in [0.1, 0.15) is 0 Å². The topological polar surface area (TPSA) is 46.5 Å². The maximum absolute atomic E-state index is 10.1. The Labute approximate surface area is 104 Å². The SMILES string of the molecule is C1CC[SiH2]OC1.O=C(O)/C=C/c1ccccc1. The molecule has 0 bridgehead atoms. The molecule has 0 radical (unpaired) electrons. The number of carboxylic acid groups (broad SMARTS) is 1. The molecule has 1 aromatic rings. The van der Waals surface area contributed by atoms with Crippen LogP contribution in [0, 0.1) is 0 Å². The van der Waals surface area contributed by atoms with Crippen LogP contribution in [0.3, 0.4) is 0 Å². The summed E-state index contributed by atoms with van der Waals surface area (Å²) in [6.07, 6.45) is 5.43. The van der Waals surface area contributed by atoms with Crippen LogP contribution in [0.5, 0.6) is 0 Å². The summed E-state index contributed by atoms with van der Waals surface area (Å²) in [5.41, 5.74) is 0.898. The van der Waals surface area contributed by atoms with Gasteiger partial charge in [-0.1, -0.05) is 36.8 Å². The van der Waals surface area contributed by atoms with Crippen molar-refractivity contribution in [1.29, 1.82) is 0 Å².